The van der Waals surface area contributed by atoms with Gasteiger partial charge in [-0.15, -0.1) is 11.3 Å². The molecule has 5 rings (SSSR count). The van der Waals surface area contributed by atoms with Crippen LogP contribution < -0.4 is 10.6 Å². The average Bonchev–Trinajstić information content (AvgIpc) is 3.54. The predicted molar refractivity (Wildman–Crippen MR) is 119 cm³/mol. The summed E-state index contributed by atoms with van der Waals surface area (Å²) < 4.78 is 0. The van der Waals surface area contributed by atoms with Gasteiger partial charge in [0.15, 0.2) is 5.69 Å². The number of amides is 1. The lowest BCUT2D eigenvalue weighted by Gasteiger charge is -2.12. The van der Waals surface area contributed by atoms with Crippen molar-refractivity contribution >= 4 is 33.6 Å². The van der Waals surface area contributed by atoms with Crippen LogP contribution in [0.1, 0.15) is 34.9 Å². The Morgan fingerprint density at radius 2 is 1.93 bits per heavy atom. The van der Waals surface area contributed by atoms with Crippen LogP contribution in [0.2, 0.25) is 0 Å². The molecule has 0 aromatic carbocycles. The minimum Gasteiger partial charge on any atom is -0.352 e. The van der Waals surface area contributed by atoms with Gasteiger partial charge in [0, 0.05) is 24.0 Å². The molecule has 7 heteroatoms. The van der Waals surface area contributed by atoms with Crippen molar-refractivity contribution in [2.75, 3.05) is 10.6 Å². The van der Waals surface area contributed by atoms with Gasteiger partial charge in [-0.3, -0.25) is 14.8 Å². The highest BCUT2D eigenvalue weighted by molar-refractivity contribution is 7.19. The van der Waals surface area contributed by atoms with E-state index >= 15 is 0 Å². The van der Waals surface area contributed by atoms with E-state index < -0.39 is 0 Å². The zero-order chi connectivity index (χ0) is 20.3. The lowest BCUT2D eigenvalue weighted by atomic mass is 10.2. The summed E-state index contributed by atoms with van der Waals surface area (Å²) in [5.74, 6) is 0.222. The fourth-order valence-corrected chi connectivity index (χ4v) is 4.05. The molecule has 1 aliphatic rings. The summed E-state index contributed by atoms with van der Waals surface area (Å²) in [7, 11) is 0. The van der Waals surface area contributed by atoms with Crippen LogP contribution in [0.25, 0.3) is 10.6 Å². The van der Waals surface area contributed by atoms with E-state index in [-0.39, 0.29) is 5.91 Å². The predicted octanol–water partition coefficient (Wildman–Crippen LogP) is 5.47. The molecular weight excluding hydrogens is 394 g/mol. The maximum Gasteiger partial charge on any atom is 0.277 e. The second-order valence-electron chi connectivity index (χ2n) is 7.11. The minimum absolute atomic E-state index is 0.238. The average molecular weight is 414 g/mol. The molecule has 4 aromatic rings. The zero-order valence-electron chi connectivity index (χ0n) is 16.1. The van der Waals surface area contributed by atoms with Crippen molar-refractivity contribution in [2.45, 2.75) is 18.8 Å². The Kier molecular flexibility index (Phi) is 4.94. The van der Waals surface area contributed by atoms with Gasteiger partial charge in [0.25, 0.3) is 5.91 Å². The molecule has 2 N–H and O–H groups in total. The van der Waals surface area contributed by atoms with Crippen molar-refractivity contribution in [3.63, 3.8) is 0 Å². The van der Waals surface area contributed by atoms with Gasteiger partial charge in [-0.1, -0.05) is 6.07 Å². The molecular formula is C23H19N5OS. The van der Waals surface area contributed by atoms with Crippen molar-refractivity contribution in [1.82, 2.24) is 15.0 Å². The summed E-state index contributed by atoms with van der Waals surface area (Å²) in [6.07, 6.45) is 7.44. The summed E-state index contributed by atoms with van der Waals surface area (Å²) in [4.78, 5) is 27.3. The number of nitrogens with one attached hydrogen (secondary N) is 2. The van der Waals surface area contributed by atoms with Gasteiger partial charge in [-0.05, 0) is 61.4 Å². The van der Waals surface area contributed by atoms with E-state index in [9.17, 15) is 4.79 Å². The number of rotatable bonds is 6. The van der Waals surface area contributed by atoms with Gasteiger partial charge in [-0.25, -0.2) is 4.98 Å². The number of carbonyl (C=O) groups excluding carboxylic acids is 1. The van der Waals surface area contributed by atoms with Crippen LogP contribution in [0, 0.1) is 0 Å². The molecule has 6 nitrogen and oxygen atoms in total. The highest BCUT2D eigenvalue weighted by Crippen LogP contribution is 2.40. The number of anilines is 3. The zero-order valence-corrected chi connectivity index (χ0v) is 16.9. The fraction of sp³-hybridized carbons (Fsp3) is 0.130. The molecule has 1 fully saturated rings. The molecule has 0 atom stereocenters. The van der Waals surface area contributed by atoms with E-state index in [1.165, 1.54) is 11.3 Å². The first-order chi connectivity index (χ1) is 14.8. The number of pyridine rings is 3. The Morgan fingerprint density at radius 3 is 2.70 bits per heavy atom. The van der Waals surface area contributed by atoms with Gasteiger partial charge in [0.05, 0.1) is 33.1 Å². The van der Waals surface area contributed by atoms with E-state index in [1.54, 1.807) is 18.6 Å². The van der Waals surface area contributed by atoms with Crippen LogP contribution in [-0.2, 0) is 0 Å². The smallest absolute Gasteiger partial charge is 0.277 e. The normalized spacial score (nSPS) is 13.1. The molecule has 0 spiro atoms. The Labute approximate surface area is 178 Å². The number of carbonyl (C=O) groups is 1. The largest absolute Gasteiger partial charge is 0.352 e. The van der Waals surface area contributed by atoms with E-state index in [4.69, 9.17) is 0 Å². The summed E-state index contributed by atoms with van der Waals surface area (Å²) >= 11 is 1.49. The molecule has 148 valence electrons. The summed E-state index contributed by atoms with van der Waals surface area (Å²) in [6.45, 7) is 0. The van der Waals surface area contributed by atoms with Crippen molar-refractivity contribution in [3.8, 4) is 10.6 Å². The first-order valence-corrected chi connectivity index (χ1v) is 10.6. The Balaban J connectivity index is 1.41. The number of nitrogens with zero attached hydrogens (tertiary/aromatic N) is 3. The molecule has 4 aromatic heterocycles. The molecule has 30 heavy (non-hydrogen) atoms. The molecule has 0 radical (unpaired) electrons. The SMILES string of the molecule is O=C(Nc1ccc(-c2ccccn2)s1)c1nc(C2CC2)ccc1Nc1cccnc1. The third kappa shape index (κ3) is 4.06. The molecule has 4 heterocycles. The number of aromatic nitrogens is 3. The topological polar surface area (TPSA) is 79.8 Å². The van der Waals surface area contributed by atoms with Gasteiger partial charge in [0.1, 0.15) is 0 Å². The number of hydrogen-bond acceptors (Lipinski definition) is 6. The third-order valence-corrected chi connectivity index (χ3v) is 5.85. The van der Waals surface area contributed by atoms with Crippen LogP contribution in [0.4, 0.5) is 16.4 Å². The lowest BCUT2D eigenvalue weighted by Crippen LogP contribution is -2.16. The summed E-state index contributed by atoms with van der Waals surface area (Å²) in [5, 5.41) is 7.02. The van der Waals surface area contributed by atoms with Crippen LogP contribution in [0.5, 0.6) is 0 Å². The maximum atomic E-state index is 13.1. The van der Waals surface area contributed by atoms with Crippen molar-refractivity contribution in [2.24, 2.45) is 0 Å². The van der Waals surface area contributed by atoms with Gasteiger partial charge in [0.2, 0.25) is 0 Å². The fourth-order valence-electron chi connectivity index (χ4n) is 3.17. The van der Waals surface area contributed by atoms with Gasteiger partial charge >= 0.3 is 0 Å². The van der Waals surface area contributed by atoms with Crippen LogP contribution in [0.15, 0.2) is 73.2 Å². The molecule has 0 bridgehead atoms. The minimum atomic E-state index is -0.238. The van der Waals surface area contributed by atoms with E-state index in [0.29, 0.717) is 17.3 Å². The Hall–Kier alpha value is -3.58. The maximum absolute atomic E-state index is 13.1. The highest BCUT2D eigenvalue weighted by Gasteiger charge is 2.27. The summed E-state index contributed by atoms with van der Waals surface area (Å²) in [5.41, 5.74) is 3.71. The third-order valence-electron chi connectivity index (χ3n) is 4.83. The monoisotopic (exact) mass is 413 g/mol. The quantitative estimate of drug-likeness (QED) is 0.438. The van der Waals surface area contributed by atoms with Crippen LogP contribution in [0.3, 0.4) is 0 Å². The van der Waals surface area contributed by atoms with Gasteiger partial charge < -0.3 is 10.6 Å². The first-order valence-electron chi connectivity index (χ1n) is 9.77. The van der Waals surface area contributed by atoms with Gasteiger partial charge in [-0.2, -0.15) is 0 Å². The molecule has 1 aliphatic carbocycles. The number of thiophene rings is 1. The van der Waals surface area contributed by atoms with Crippen molar-refractivity contribution < 1.29 is 4.79 Å². The van der Waals surface area contributed by atoms with Crippen LogP contribution >= 0.6 is 11.3 Å². The highest BCUT2D eigenvalue weighted by atomic mass is 32.1. The van der Waals surface area contributed by atoms with Crippen LogP contribution in [-0.4, -0.2) is 20.9 Å². The van der Waals surface area contributed by atoms with E-state index in [0.717, 1.165) is 39.8 Å². The van der Waals surface area contributed by atoms with Crippen molar-refractivity contribution in [1.29, 1.82) is 0 Å². The second kappa shape index (κ2) is 8.04. The molecule has 1 saturated carbocycles. The molecule has 1 amide bonds. The lowest BCUT2D eigenvalue weighted by molar-refractivity contribution is 0.102. The van der Waals surface area contributed by atoms with Crippen molar-refractivity contribution in [3.05, 3.63) is 84.6 Å². The number of hydrogen-bond donors (Lipinski definition) is 2. The molecule has 0 unspecified atom stereocenters. The standard InChI is InChI=1S/C23H19N5OS/c29-23(28-21-11-10-20(30-21)18-5-1-2-13-25-18)22-19(26-16-4-3-12-24-14-16)9-8-17(27-22)15-6-7-15/h1-5,8-15,26H,6-7H2,(H,28,29). The first kappa shape index (κ1) is 18.4. The van der Waals surface area contributed by atoms with E-state index in [1.807, 2.05) is 54.6 Å². The summed E-state index contributed by atoms with van der Waals surface area (Å²) in [6, 6.07) is 17.3. The second-order valence-corrected chi connectivity index (χ2v) is 8.19. The molecule has 0 aliphatic heterocycles. The molecule has 0 saturated heterocycles. The Bertz CT molecular complexity index is 1170. The van der Waals surface area contributed by atoms with E-state index in [2.05, 4.69) is 25.6 Å². The Morgan fingerprint density at radius 1 is 1.00 bits per heavy atom.